The summed E-state index contributed by atoms with van der Waals surface area (Å²) < 4.78 is 1.82. The van der Waals surface area contributed by atoms with E-state index in [1.54, 1.807) is 12.1 Å². The molecule has 1 fully saturated rings. The van der Waals surface area contributed by atoms with Crippen LogP contribution in [0.3, 0.4) is 0 Å². The third kappa shape index (κ3) is 4.24. The van der Waals surface area contributed by atoms with E-state index in [0.717, 1.165) is 22.6 Å². The van der Waals surface area contributed by atoms with E-state index in [0.29, 0.717) is 12.0 Å². The quantitative estimate of drug-likeness (QED) is 0.498. The van der Waals surface area contributed by atoms with Crippen molar-refractivity contribution in [3.05, 3.63) is 83.2 Å². The predicted octanol–water partition coefficient (Wildman–Crippen LogP) is 1.86. The first kappa shape index (κ1) is 19.8. The van der Waals surface area contributed by atoms with Crippen molar-refractivity contribution < 1.29 is 9.59 Å². The summed E-state index contributed by atoms with van der Waals surface area (Å²) in [6, 6.07) is 18.5. The minimum Gasteiger partial charge on any atom is -0.271 e. The highest BCUT2D eigenvalue weighted by atomic mass is 16.2. The molecule has 154 valence electrons. The van der Waals surface area contributed by atoms with E-state index < -0.39 is 6.04 Å². The molecule has 2 unspecified atom stereocenters. The summed E-state index contributed by atoms with van der Waals surface area (Å²) in [5, 5.41) is 4.43. The zero-order valence-corrected chi connectivity index (χ0v) is 16.8. The van der Waals surface area contributed by atoms with Crippen LogP contribution in [0.2, 0.25) is 0 Å². The fourth-order valence-electron chi connectivity index (χ4n) is 3.55. The van der Waals surface area contributed by atoms with Crippen LogP contribution in [-0.4, -0.2) is 27.6 Å². The summed E-state index contributed by atoms with van der Waals surface area (Å²) in [5.41, 5.74) is 15.4. The van der Waals surface area contributed by atoms with E-state index in [9.17, 15) is 9.59 Å². The molecule has 4 N–H and O–H groups in total. The van der Waals surface area contributed by atoms with Gasteiger partial charge in [-0.3, -0.25) is 20.4 Å². The fraction of sp³-hybridized carbons (Fsp3) is 0.227. The van der Waals surface area contributed by atoms with Gasteiger partial charge in [-0.2, -0.15) is 5.10 Å². The largest absolute Gasteiger partial charge is 0.271 e. The lowest BCUT2D eigenvalue weighted by Crippen LogP contribution is -2.50. The molecule has 8 heteroatoms. The Labute approximate surface area is 174 Å². The Balaban J connectivity index is 1.31. The van der Waals surface area contributed by atoms with Crippen LogP contribution < -0.4 is 21.7 Å². The van der Waals surface area contributed by atoms with Gasteiger partial charge >= 0.3 is 0 Å². The summed E-state index contributed by atoms with van der Waals surface area (Å²) in [6.45, 7) is 3.91. The van der Waals surface area contributed by atoms with Crippen LogP contribution >= 0.6 is 0 Å². The molecule has 2 amide bonds. The number of amides is 2. The molecule has 2 atom stereocenters. The van der Waals surface area contributed by atoms with Gasteiger partial charge in [-0.1, -0.05) is 30.3 Å². The number of nitrogens with one attached hydrogen (secondary N) is 4. The molecule has 2 heterocycles. The Morgan fingerprint density at radius 3 is 2.40 bits per heavy atom. The molecule has 0 radical (unpaired) electrons. The average Bonchev–Trinajstić information content (AvgIpc) is 3.39. The summed E-state index contributed by atoms with van der Waals surface area (Å²) in [4.78, 5) is 24.8. The summed E-state index contributed by atoms with van der Waals surface area (Å²) in [5.74, 6) is -0.678. The third-order valence-corrected chi connectivity index (χ3v) is 5.10. The first-order valence-electron chi connectivity index (χ1n) is 9.81. The van der Waals surface area contributed by atoms with Crippen molar-refractivity contribution in [3.63, 3.8) is 0 Å². The molecule has 30 heavy (non-hydrogen) atoms. The first-order valence-corrected chi connectivity index (χ1v) is 9.81. The van der Waals surface area contributed by atoms with Crippen LogP contribution in [0.1, 0.15) is 39.8 Å². The van der Waals surface area contributed by atoms with E-state index in [4.69, 9.17) is 0 Å². The zero-order valence-electron chi connectivity index (χ0n) is 16.8. The minimum atomic E-state index is -0.441. The topological polar surface area (TPSA) is 100 Å². The van der Waals surface area contributed by atoms with Gasteiger partial charge in [-0.25, -0.2) is 15.5 Å². The van der Waals surface area contributed by atoms with Crippen molar-refractivity contribution in [3.8, 4) is 5.69 Å². The lowest BCUT2D eigenvalue weighted by molar-refractivity contribution is -0.123. The van der Waals surface area contributed by atoms with Crippen LogP contribution in [0.5, 0.6) is 0 Å². The Bertz CT molecular complexity index is 1050. The van der Waals surface area contributed by atoms with Crippen molar-refractivity contribution in [1.82, 2.24) is 31.5 Å². The van der Waals surface area contributed by atoms with E-state index >= 15 is 0 Å². The molecule has 1 aliphatic heterocycles. The minimum absolute atomic E-state index is 0.0413. The van der Waals surface area contributed by atoms with E-state index in [1.807, 2.05) is 67.1 Å². The van der Waals surface area contributed by atoms with Gasteiger partial charge < -0.3 is 0 Å². The molecule has 4 rings (SSSR count). The molecule has 8 nitrogen and oxygen atoms in total. The lowest BCUT2D eigenvalue weighted by Gasteiger charge is -2.12. The second kappa shape index (κ2) is 8.48. The molecule has 0 bridgehead atoms. The molecule has 0 saturated carbocycles. The maximum atomic E-state index is 12.4. The number of aromatic nitrogens is 2. The normalized spacial score (nSPS) is 18.2. The van der Waals surface area contributed by atoms with E-state index in [2.05, 4.69) is 26.8 Å². The number of carbonyl (C=O) groups excluding carboxylic acids is 2. The number of carbonyl (C=O) groups is 2. The molecule has 1 aromatic heterocycles. The van der Waals surface area contributed by atoms with Crippen molar-refractivity contribution in [1.29, 1.82) is 0 Å². The van der Waals surface area contributed by atoms with Gasteiger partial charge in [0.1, 0.15) is 6.04 Å². The molecular weight excluding hydrogens is 380 g/mol. The van der Waals surface area contributed by atoms with Gasteiger partial charge in [0.25, 0.3) is 11.8 Å². The maximum Gasteiger partial charge on any atom is 0.269 e. The number of rotatable bonds is 4. The average molecular weight is 404 g/mol. The number of benzene rings is 2. The number of hydrazine groups is 2. The molecule has 2 aromatic carbocycles. The van der Waals surface area contributed by atoms with Gasteiger partial charge in [-0.15, -0.1) is 0 Å². The van der Waals surface area contributed by atoms with Gasteiger partial charge in [0.2, 0.25) is 0 Å². The number of hydrogen-bond acceptors (Lipinski definition) is 5. The van der Waals surface area contributed by atoms with Crippen LogP contribution in [0.15, 0.2) is 60.7 Å². The fourth-order valence-corrected chi connectivity index (χ4v) is 3.55. The van der Waals surface area contributed by atoms with Crippen molar-refractivity contribution in [2.24, 2.45) is 0 Å². The highest BCUT2D eigenvalue weighted by Crippen LogP contribution is 2.21. The number of aryl methyl sites for hydroxylation is 2. The van der Waals surface area contributed by atoms with Crippen LogP contribution in [0.25, 0.3) is 5.69 Å². The van der Waals surface area contributed by atoms with E-state index in [1.165, 1.54) is 0 Å². The second-order valence-corrected chi connectivity index (χ2v) is 7.37. The van der Waals surface area contributed by atoms with Crippen molar-refractivity contribution in [2.45, 2.75) is 32.4 Å². The standard InChI is InChI=1S/C22H24N6O2/c1-14-12-15(2)28(27-14)18-10-8-17(9-11-18)21(29)25-26-22(30)20-13-19(23-24-20)16-6-4-3-5-7-16/h3-12,19-20,23-24H,13H2,1-2H3,(H,25,29)(H,26,30). The number of hydrogen-bond donors (Lipinski definition) is 4. The van der Waals surface area contributed by atoms with Gasteiger partial charge in [-0.05, 0) is 56.2 Å². The molecular formula is C22H24N6O2. The maximum absolute atomic E-state index is 12.4. The van der Waals surface area contributed by atoms with Gasteiger partial charge in [0, 0.05) is 17.3 Å². The SMILES string of the molecule is Cc1cc(C)n(-c2ccc(C(=O)NNC(=O)C3CC(c4ccccc4)NN3)cc2)n1. The summed E-state index contributed by atoms with van der Waals surface area (Å²) >= 11 is 0. The Morgan fingerprint density at radius 1 is 1.00 bits per heavy atom. The molecule has 0 aliphatic carbocycles. The lowest BCUT2D eigenvalue weighted by atomic mass is 10.0. The summed E-state index contributed by atoms with van der Waals surface area (Å²) in [6.07, 6.45) is 0.586. The predicted molar refractivity (Wildman–Crippen MR) is 113 cm³/mol. The monoisotopic (exact) mass is 404 g/mol. The highest BCUT2D eigenvalue weighted by Gasteiger charge is 2.30. The zero-order chi connectivity index (χ0) is 21.1. The van der Waals surface area contributed by atoms with Crippen LogP contribution in [0.4, 0.5) is 0 Å². The van der Waals surface area contributed by atoms with Crippen molar-refractivity contribution >= 4 is 11.8 Å². The highest BCUT2D eigenvalue weighted by molar-refractivity contribution is 5.96. The Morgan fingerprint density at radius 2 is 1.73 bits per heavy atom. The second-order valence-electron chi connectivity index (χ2n) is 7.37. The number of nitrogens with zero attached hydrogens (tertiary/aromatic N) is 2. The summed E-state index contributed by atoms with van der Waals surface area (Å²) in [7, 11) is 0. The molecule has 0 spiro atoms. The van der Waals surface area contributed by atoms with Crippen LogP contribution in [0, 0.1) is 13.8 Å². The van der Waals surface area contributed by atoms with Gasteiger partial charge in [0.15, 0.2) is 0 Å². The Kier molecular flexibility index (Phi) is 5.60. The molecule has 1 aliphatic rings. The smallest absolute Gasteiger partial charge is 0.269 e. The third-order valence-electron chi connectivity index (χ3n) is 5.10. The van der Waals surface area contributed by atoms with Crippen LogP contribution in [-0.2, 0) is 4.79 Å². The first-order chi connectivity index (χ1) is 14.5. The van der Waals surface area contributed by atoms with Gasteiger partial charge in [0.05, 0.1) is 11.4 Å². The van der Waals surface area contributed by atoms with Crippen molar-refractivity contribution in [2.75, 3.05) is 0 Å². The molecule has 1 saturated heterocycles. The Hall–Kier alpha value is -3.49. The molecule has 3 aromatic rings. The van der Waals surface area contributed by atoms with E-state index in [-0.39, 0.29) is 17.9 Å².